The third kappa shape index (κ3) is 3.58. The molecule has 0 bridgehead atoms. The predicted octanol–water partition coefficient (Wildman–Crippen LogP) is 2.85. The van der Waals surface area contributed by atoms with Crippen LogP contribution >= 0.6 is 0 Å². The molecule has 2 N–H and O–H groups in total. The first-order valence-electron chi connectivity index (χ1n) is 6.24. The van der Waals surface area contributed by atoms with Crippen LogP contribution in [0.4, 0.5) is 0 Å². The summed E-state index contributed by atoms with van der Waals surface area (Å²) in [5.74, 6) is 0.113. The minimum Gasteiger partial charge on any atom is -0.493 e. The van der Waals surface area contributed by atoms with Crippen LogP contribution in [0.2, 0.25) is 0 Å². The Balaban J connectivity index is 2.01. The van der Waals surface area contributed by atoms with Crippen LogP contribution < -0.4 is 10.5 Å². The molecule has 0 aromatic heterocycles. The highest BCUT2D eigenvalue weighted by Gasteiger charge is 2.09. The number of ether oxygens (including phenoxy) is 1. The molecule has 0 aliphatic carbocycles. The lowest BCUT2D eigenvalue weighted by atomic mass is 10.1. The van der Waals surface area contributed by atoms with Crippen LogP contribution in [0.1, 0.15) is 6.92 Å². The molecule has 0 radical (unpaired) electrons. The topological polar surface area (TPSA) is 52.3 Å². The number of primary amides is 1. The molecular formula is C16H17NO2. The Hall–Kier alpha value is -2.29. The molecule has 2 aromatic rings. The number of carbonyl (C=O) groups excluding carboxylic acids is 1. The smallest absolute Gasteiger partial charge is 0.223 e. The van der Waals surface area contributed by atoms with Crippen LogP contribution in [0.25, 0.3) is 11.1 Å². The van der Waals surface area contributed by atoms with E-state index in [1.807, 2.05) is 42.5 Å². The van der Waals surface area contributed by atoms with E-state index in [4.69, 9.17) is 10.5 Å². The molecule has 0 saturated carbocycles. The van der Waals surface area contributed by atoms with E-state index in [9.17, 15) is 4.79 Å². The molecule has 0 aliphatic heterocycles. The van der Waals surface area contributed by atoms with Crippen molar-refractivity contribution in [2.45, 2.75) is 6.92 Å². The van der Waals surface area contributed by atoms with Crippen molar-refractivity contribution >= 4 is 5.91 Å². The molecule has 0 spiro atoms. The largest absolute Gasteiger partial charge is 0.493 e. The van der Waals surface area contributed by atoms with Crippen LogP contribution in [0.3, 0.4) is 0 Å². The number of nitrogens with two attached hydrogens (primary N) is 1. The van der Waals surface area contributed by atoms with E-state index >= 15 is 0 Å². The highest BCUT2D eigenvalue weighted by atomic mass is 16.5. The number of hydrogen-bond donors (Lipinski definition) is 1. The Morgan fingerprint density at radius 1 is 1.05 bits per heavy atom. The van der Waals surface area contributed by atoms with Gasteiger partial charge in [0.25, 0.3) is 0 Å². The van der Waals surface area contributed by atoms with Crippen LogP contribution in [0, 0.1) is 5.92 Å². The second-order valence-electron chi connectivity index (χ2n) is 4.50. The number of amides is 1. The summed E-state index contributed by atoms with van der Waals surface area (Å²) >= 11 is 0. The third-order valence-corrected chi connectivity index (χ3v) is 2.95. The van der Waals surface area contributed by atoms with E-state index in [0.29, 0.717) is 6.61 Å². The Bertz CT molecular complexity index is 534. The zero-order valence-electron chi connectivity index (χ0n) is 10.9. The van der Waals surface area contributed by atoms with Gasteiger partial charge in [-0.1, -0.05) is 49.4 Å². The molecule has 1 atom stereocenters. The first-order chi connectivity index (χ1) is 9.16. The van der Waals surface area contributed by atoms with Gasteiger partial charge in [0.15, 0.2) is 0 Å². The summed E-state index contributed by atoms with van der Waals surface area (Å²) in [6.07, 6.45) is 0. The van der Waals surface area contributed by atoms with Crippen LogP contribution in [-0.2, 0) is 4.79 Å². The fourth-order valence-electron chi connectivity index (χ4n) is 1.68. The van der Waals surface area contributed by atoms with Crippen LogP contribution in [0.15, 0.2) is 54.6 Å². The SMILES string of the molecule is CC(COc1ccc(-c2ccccc2)cc1)C(N)=O. The quantitative estimate of drug-likeness (QED) is 0.893. The maximum atomic E-state index is 10.9. The summed E-state index contributed by atoms with van der Waals surface area (Å²) in [5, 5.41) is 0. The van der Waals surface area contributed by atoms with Gasteiger partial charge in [-0.2, -0.15) is 0 Å². The summed E-state index contributed by atoms with van der Waals surface area (Å²) in [4.78, 5) is 10.9. The fraction of sp³-hybridized carbons (Fsp3) is 0.188. The lowest BCUT2D eigenvalue weighted by molar-refractivity contribution is -0.122. The van der Waals surface area contributed by atoms with Gasteiger partial charge in [-0.3, -0.25) is 4.79 Å². The molecule has 1 amide bonds. The third-order valence-electron chi connectivity index (χ3n) is 2.95. The standard InChI is InChI=1S/C16H17NO2/c1-12(16(17)18)11-19-15-9-7-14(8-10-15)13-5-3-2-4-6-13/h2-10,12H,11H2,1H3,(H2,17,18). The normalized spacial score (nSPS) is 11.8. The van der Waals surface area contributed by atoms with Gasteiger partial charge >= 0.3 is 0 Å². The van der Waals surface area contributed by atoms with E-state index in [2.05, 4.69) is 12.1 Å². The molecule has 0 aliphatic rings. The zero-order valence-corrected chi connectivity index (χ0v) is 10.9. The molecule has 2 rings (SSSR count). The molecule has 2 aromatic carbocycles. The lowest BCUT2D eigenvalue weighted by Crippen LogP contribution is -2.25. The Labute approximate surface area is 113 Å². The Morgan fingerprint density at radius 2 is 1.63 bits per heavy atom. The van der Waals surface area contributed by atoms with Gasteiger partial charge in [0.1, 0.15) is 5.75 Å². The Kier molecular flexibility index (Phi) is 4.18. The summed E-state index contributed by atoms with van der Waals surface area (Å²) in [6, 6.07) is 17.9. The van der Waals surface area contributed by atoms with Crippen LogP contribution in [0.5, 0.6) is 5.75 Å². The van der Waals surface area contributed by atoms with E-state index in [1.165, 1.54) is 5.56 Å². The first kappa shape index (κ1) is 13.1. The average Bonchev–Trinajstić information content (AvgIpc) is 2.46. The number of rotatable bonds is 5. The van der Waals surface area contributed by atoms with Crippen molar-refractivity contribution in [3.63, 3.8) is 0 Å². The van der Waals surface area contributed by atoms with Crippen molar-refractivity contribution in [2.24, 2.45) is 11.7 Å². The zero-order chi connectivity index (χ0) is 13.7. The molecule has 98 valence electrons. The minimum atomic E-state index is -0.346. The molecule has 0 fully saturated rings. The first-order valence-corrected chi connectivity index (χ1v) is 6.24. The van der Waals surface area contributed by atoms with Gasteiger partial charge < -0.3 is 10.5 Å². The predicted molar refractivity (Wildman–Crippen MR) is 75.7 cm³/mol. The van der Waals surface area contributed by atoms with Crippen molar-refractivity contribution in [3.05, 3.63) is 54.6 Å². The van der Waals surface area contributed by atoms with E-state index in [1.54, 1.807) is 6.92 Å². The lowest BCUT2D eigenvalue weighted by Gasteiger charge is -2.10. The minimum absolute atomic E-state index is 0.284. The van der Waals surface area contributed by atoms with E-state index < -0.39 is 0 Å². The van der Waals surface area contributed by atoms with Crippen molar-refractivity contribution in [1.29, 1.82) is 0 Å². The van der Waals surface area contributed by atoms with Crippen molar-refractivity contribution in [3.8, 4) is 16.9 Å². The number of hydrogen-bond acceptors (Lipinski definition) is 2. The number of carbonyl (C=O) groups is 1. The van der Waals surface area contributed by atoms with Crippen LogP contribution in [-0.4, -0.2) is 12.5 Å². The van der Waals surface area contributed by atoms with Crippen molar-refractivity contribution in [1.82, 2.24) is 0 Å². The highest BCUT2D eigenvalue weighted by molar-refractivity contribution is 5.76. The molecule has 0 saturated heterocycles. The molecule has 19 heavy (non-hydrogen) atoms. The second kappa shape index (κ2) is 6.05. The highest BCUT2D eigenvalue weighted by Crippen LogP contribution is 2.22. The summed E-state index contributed by atoms with van der Waals surface area (Å²) in [5.41, 5.74) is 7.48. The molecule has 3 heteroatoms. The van der Waals surface area contributed by atoms with Gasteiger partial charge in [0.05, 0.1) is 12.5 Å². The van der Waals surface area contributed by atoms with Gasteiger partial charge in [-0.05, 0) is 23.3 Å². The van der Waals surface area contributed by atoms with Gasteiger partial charge in [-0.15, -0.1) is 0 Å². The molecule has 3 nitrogen and oxygen atoms in total. The van der Waals surface area contributed by atoms with E-state index in [-0.39, 0.29) is 11.8 Å². The molecule has 0 heterocycles. The molecular weight excluding hydrogens is 238 g/mol. The average molecular weight is 255 g/mol. The van der Waals surface area contributed by atoms with E-state index in [0.717, 1.165) is 11.3 Å². The second-order valence-corrected chi connectivity index (χ2v) is 4.50. The Morgan fingerprint density at radius 3 is 2.21 bits per heavy atom. The summed E-state index contributed by atoms with van der Waals surface area (Å²) in [6.45, 7) is 2.06. The van der Waals surface area contributed by atoms with Gasteiger partial charge in [-0.25, -0.2) is 0 Å². The van der Waals surface area contributed by atoms with Crippen molar-refractivity contribution in [2.75, 3.05) is 6.61 Å². The fourth-order valence-corrected chi connectivity index (χ4v) is 1.68. The van der Waals surface area contributed by atoms with Crippen molar-refractivity contribution < 1.29 is 9.53 Å². The number of benzene rings is 2. The van der Waals surface area contributed by atoms with Gasteiger partial charge in [0.2, 0.25) is 5.91 Å². The van der Waals surface area contributed by atoms with Gasteiger partial charge in [0, 0.05) is 0 Å². The summed E-state index contributed by atoms with van der Waals surface area (Å²) in [7, 11) is 0. The molecule has 1 unspecified atom stereocenters. The monoisotopic (exact) mass is 255 g/mol. The summed E-state index contributed by atoms with van der Waals surface area (Å²) < 4.78 is 5.52. The maximum absolute atomic E-state index is 10.9. The maximum Gasteiger partial charge on any atom is 0.223 e.